The van der Waals surface area contributed by atoms with Gasteiger partial charge in [0.05, 0.1) is 17.1 Å². The highest BCUT2D eigenvalue weighted by atomic mass is 32.2. The molecular formula is C20H23NO5S. The number of esters is 1. The van der Waals surface area contributed by atoms with Crippen molar-refractivity contribution in [1.29, 1.82) is 0 Å². The summed E-state index contributed by atoms with van der Waals surface area (Å²) in [6.07, 6.45) is -1.35. The number of anilines is 1. The smallest absolute Gasteiger partial charge is 0.307 e. The van der Waals surface area contributed by atoms with E-state index >= 15 is 0 Å². The third-order valence-corrected chi connectivity index (χ3v) is 5.68. The number of carbonyl (C=O) groups is 2. The van der Waals surface area contributed by atoms with Crippen LogP contribution in [0.1, 0.15) is 24.5 Å². The number of nitrogens with one attached hydrogen (secondary N) is 1. The van der Waals surface area contributed by atoms with Crippen LogP contribution in [0.5, 0.6) is 0 Å². The molecule has 1 atom stereocenters. The maximum Gasteiger partial charge on any atom is 0.307 e. The van der Waals surface area contributed by atoms with Crippen LogP contribution in [-0.4, -0.2) is 32.2 Å². The number of carbonyl (C=O) groups excluding carboxylic acids is 2. The summed E-state index contributed by atoms with van der Waals surface area (Å²) in [7, 11) is -3.58. The van der Waals surface area contributed by atoms with Crippen molar-refractivity contribution in [2.24, 2.45) is 0 Å². The van der Waals surface area contributed by atoms with Crippen LogP contribution in [0, 0.1) is 13.8 Å². The van der Waals surface area contributed by atoms with Gasteiger partial charge in [0.15, 0.2) is 15.9 Å². The van der Waals surface area contributed by atoms with Crippen molar-refractivity contribution < 1.29 is 22.7 Å². The molecule has 0 saturated carbocycles. The van der Waals surface area contributed by atoms with Gasteiger partial charge in [-0.1, -0.05) is 35.4 Å². The Morgan fingerprint density at radius 3 is 2.04 bits per heavy atom. The van der Waals surface area contributed by atoms with Crippen molar-refractivity contribution in [2.75, 3.05) is 11.1 Å². The van der Waals surface area contributed by atoms with Gasteiger partial charge < -0.3 is 10.1 Å². The van der Waals surface area contributed by atoms with E-state index in [4.69, 9.17) is 4.74 Å². The Bertz CT molecular complexity index is 902. The molecule has 0 aliphatic heterocycles. The summed E-state index contributed by atoms with van der Waals surface area (Å²) in [4.78, 5) is 24.2. The first-order chi connectivity index (χ1) is 12.7. The van der Waals surface area contributed by atoms with Crippen LogP contribution in [0.2, 0.25) is 0 Å². The maximum absolute atomic E-state index is 12.2. The number of hydrogen-bond donors (Lipinski definition) is 1. The van der Waals surface area contributed by atoms with Gasteiger partial charge in [0, 0.05) is 5.69 Å². The monoisotopic (exact) mass is 389 g/mol. The van der Waals surface area contributed by atoms with Crippen LogP contribution >= 0.6 is 0 Å². The van der Waals surface area contributed by atoms with E-state index in [9.17, 15) is 18.0 Å². The SMILES string of the molecule is Cc1ccc(NC(=O)C(C)OC(=O)CCS(=O)(=O)c2ccc(C)cc2)cc1. The van der Waals surface area contributed by atoms with Crippen molar-refractivity contribution in [3.8, 4) is 0 Å². The fourth-order valence-corrected chi connectivity index (χ4v) is 3.49. The van der Waals surface area contributed by atoms with E-state index in [0.29, 0.717) is 5.69 Å². The molecule has 27 heavy (non-hydrogen) atoms. The number of amides is 1. The minimum absolute atomic E-state index is 0.158. The Morgan fingerprint density at radius 2 is 1.48 bits per heavy atom. The van der Waals surface area contributed by atoms with Crippen LogP contribution < -0.4 is 5.32 Å². The molecule has 2 aromatic rings. The summed E-state index contributed by atoms with van der Waals surface area (Å²) < 4.78 is 29.5. The van der Waals surface area contributed by atoms with E-state index in [0.717, 1.165) is 11.1 Å². The molecule has 2 aromatic carbocycles. The highest BCUT2D eigenvalue weighted by Crippen LogP contribution is 2.14. The zero-order valence-corrected chi connectivity index (χ0v) is 16.4. The fraction of sp³-hybridized carbons (Fsp3) is 0.300. The molecule has 7 heteroatoms. The zero-order valence-electron chi connectivity index (χ0n) is 15.6. The van der Waals surface area contributed by atoms with Crippen molar-refractivity contribution in [1.82, 2.24) is 0 Å². The number of sulfone groups is 1. The lowest BCUT2D eigenvalue weighted by molar-refractivity contribution is -0.152. The fourth-order valence-electron chi connectivity index (χ4n) is 2.27. The van der Waals surface area contributed by atoms with Crippen molar-refractivity contribution in [3.63, 3.8) is 0 Å². The molecule has 0 saturated heterocycles. The Morgan fingerprint density at radius 1 is 0.963 bits per heavy atom. The Kier molecular flexibility index (Phi) is 6.74. The van der Waals surface area contributed by atoms with Gasteiger partial charge in [-0.2, -0.15) is 0 Å². The van der Waals surface area contributed by atoms with E-state index < -0.39 is 27.8 Å². The summed E-state index contributed by atoms with van der Waals surface area (Å²) in [5.41, 5.74) is 2.60. The van der Waals surface area contributed by atoms with Crippen LogP contribution in [0.4, 0.5) is 5.69 Å². The quantitative estimate of drug-likeness (QED) is 0.735. The Labute approximate surface area is 159 Å². The first-order valence-electron chi connectivity index (χ1n) is 8.54. The minimum atomic E-state index is -3.58. The van der Waals surface area contributed by atoms with Gasteiger partial charge in [0.1, 0.15) is 0 Å². The first-order valence-corrected chi connectivity index (χ1v) is 10.2. The van der Waals surface area contributed by atoms with Crippen LogP contribution in [0.15, 0.2) is 53.4 Å². The lowest BCUT2D eigenvalue weighted by atomic mass is 10.2. The van der Waals surface area contributed by atoms with E-state index in [1.54, 1.807) is 24.3 Å². The summed E-state index contributed by atoms with van der Waals surface area (Å²) in [6, 6.07) is 13.6. The predicted molar refractivity (Wildman–Crippen MR) is 103 cm³/mol. The minimum Gasteiger partial charge on any atom is -0.453 e. The van der Waals surface area contributed by atoms with E-state index in [1.165, 1.54) is 19.1 Å². The largest absolute Gasteiger partial charge is 0.453 e. The Hall–Kier alpha value is -2.67. The summed E-state index contributed by atoms with van der Waals surface area (Å²) in [6.45, 7) is 5.23. The second-order valence-corrected chi connectivity index (χ2v) is 8.48. The van der Waals surface area contributed by atoms with E-state index in [1.807, 2.05) is 26.0 Å². The van der Waals surface area contributed by atoms with Gasteiger partial charge in [-0.15, -0.1) is 0 Å². The number of aryl methyl sites for hydroxylation is 2. The van der Waals surface area contributed by atoms with Crippen molar-refractivity contribution in [2.45, 2.75) is 38.2 Å². The summed E-state index contributed by atoms with van der Waals surface area (Å²) in [5, 5.41) is 2.64. The number of ether oxygens (including phenoxy) is 1. The molecule has 0 heterocycles. The average Bonchev–Trinajstić information content (AvgIpc) is 2.62. The van der Waals surface area contributed by atoms with Gasteiger partial charge in [-0.25, -0.2) is 8.42 Å². The summed E-state index contributed by atoms with van der Waals surface area (Å²) in [5.74, 6) is -1.59. The molecule has 2 rings (SSSR count). The van der Waals surface area contributed by atoms with Gasteiger partial charge in [-0.05, 0) is 45.0 Å². The average molecular weight is 389 g/mol. The van der Waals surface area contributed by atoms with Crippen LogP contribution in [0.3, 0.4) is 0 Å². The van der Waals surface area contributed by atoms with E-state index in [-0.39, 0.29) is 17.1 Å². The third-order valence-electron chi connectivity index (χ3n) is 3.95. The van der Waals surface area contributed by atoms with Gasteiger partial charge in [0.25, 0.3) is 5.91 Å². The lowest BCUT2D eigenvalue weighted by Crippen LogP contribution is -2.30. The molecular weight excluding hydrogens is 366 g/mol. The van der Waals surface area contributed by atoms with Gasteiger partial charge in [0.2, 0.25) is 0 Å². The normalized spacial score (nSPS) is 12.3. The standard InChI is InChI=1S/C20H23NO5S/c1-14-4-8-17(9-5-14)21-20(23)16(3)26-19(22)12-13-27(24,25)18-10-6-15(2)7-11-18/h4-11,16H,12-13H2,1-3H3,(H,21,23). The summed E-state index contributed by atoms with van der Waals surface area (Å²) >= 11 is 0. The van der Waals surface area contributed by atoms with E-state index in [2.05, 4.69) is 5.32 Å². The highest BCUT2D eigenvalue weighted by molar-refractivity contribution is 7.91. The van der Waals surface area contributed by atoms with Crippen LogP contribution in [-0.2, 0) is 24.2 Å². The van der Waals surface area contributed by atoms with Gasteiger partial charge >= 0.3 is 5.97 Å². The maximum atomic E-state index is 12.2. The number of benzene rings is 2. The zero-order chi connectivity index (χ0) is 20.0. The Balaban J connectivity index is 1.86. The molecule has 1 N–H and O–H groups in total. The molecule has 0 aromatic heterocycles. The molecule has 144 valence electrons. The molecule has 1 unspecified atom stereocenters. The van der Waals surface area contributed by atoms with Crippen LogP contribution in [0.25, 0.3) is 0 Å². The number of hydrogen-bond acceptors (Lipinski definition) is 5. The van der Waals surface area contributed by atoms with Crippen molar-refractivity contribution >= 4 is 27.4 Å². The molecule has 6 nitrogen and oxygen atoms in total. The molecule has 0 fully saturated rings. The molecule has 0 spiro atoms. The number of rotatable bonds is 7. The van der Waals surface area contributed by atoms with Gasteiger partial charge in [-0.3, -0.25) is 9.59 Å². The second-order valence-electron chi connectivity index (χ2n) is 6.37. The molecule has 0 aliphatic carbocycles. The topological polar surface area (TPSA) is 89.5 Å². The molecule has 0 radical (unpaired) electrons. The predicted octanol–water partition coefficient (Wildman–Crippen LogP) is 3.04. The second kappa shape index (κ2) is 8.81. The molecule has 1 amide bonds. The van der Waals surface area contributed by atoms with Crippen molar-refractivity contribution in [3.05, 3.63) is 59.7 Å². The highest BCUT2D eigenvalue weighted by Gasteiger charge is 2.21. The first kappa shape index (κ1) is 20.6. The third kappa shape index (κ3) is 6.21. The molecule has 0 aliphatic rings. The lowest BCUT2D eigenvalue weighted by Gasteiger charge is -2.14. The molecule has 0 bridgehead atoms.